The van der Waals surface area contributed by atoms with Gasteiger partial charge in [0, 0.05) is 39.1 Å². The lowest BCUT2D eigenvalue weighted by Crippen LogP contribution is -2.50. The van der Waals surface area contributed by atoms with E-state index in [4.69, 9.17) is 0 Å². The number of benzene rings is 1. The van der Waals surface area contributed by atoms with Crippen molar-refractivity contribution in [3.05, 3.63) is 29.3 Å². The topological polar surface area (TPSA) is 60.9 Å². The Morgan fingerprint density at radius 3 is 2.25 bits per heavy atom. The van der Waals surface area contributed by atoms with E-state index in [-0.39, 0.29) is 5.91 Å². The number of amides is 1. The van der Waals surface area contributed by atoms with Gasteiger partial charge in [0.05, 0.1) is 4.90 Å². The molecule has 2 rings (SSSR count). The molecule has 1 aliphatic heterocycles. The van der Waals surface area contributed by atoms with E-state index in [9.17, 15) is 13.2 Å². The van der Waals surface area contributed by atoms with Gasteiger partial charge in [0.2, 0.25) is 15.9 Å². The van der Waals surface area contributed by atoms with Gasteiger partial charge in [0.15, 0.2) is 0 Å². The zero-order chi connectivity index (χ0) is 17.9. The van der Waals surface area contributed by atoms with E-state index >= 15 is 0 Å². The number of sulfonamides is 1. The van der Waals surface area contributed by atoms with Crippen LogP contribution in [0.2, 0.25) is 0 Å². The van der Waals surface area contributed by atoms with Gasteiger partial charge in [-0.05, 0) is 51.2 Å². The average Bonchev–Trinajstić information content (AvgIpc) is 2.55. The summed E-state index contributed by atoms with van der Waals surface area (Å²) in [4.78, 5) is 16.2. The quantitative estimate of drug-likeness (QED) is 0.795. The van der Waals surface area contributed by atoms with Crippen molar-refractivity contribution in [2.45, 2.75) is 25.2 Å². The van der Waals surface area contributed by atoms with Gasteiger partial charge in [-0.25, -0.2) is 8.42 Å². The van der Waals surface area contributed by atoms with Crippen LogP contribution in [-0.4, -0.2) is 75.2 Å². The van der Waals surface area contributed by atoms with Crippen molar-refractivity contribution in [3.63, 3.8) is 0 Å². The first kappa shape index (κ1) is 18.9. The van der Waals surface area contributed by atoms with E-state index in [0.29, 0.717) is 44.0 Å². The van der Waals surface area contributed by atoms with Crippen LogP contribution in [0.5, 0.6) is 0 Å². The molecule has 0 N–H and O–H groups in total. The highest BCUT2D eigenvalue weighted by Crippen LogP contribution is 2.20. The Morgan fingerprint density at radius 2 is 1.71 bits per heavy atom. The second kappa shape index (κ2) is 7.63. The molecule has 0 aliphatic carbocycles. The number of carbonyl (C=O) groups excluding carboxylic acids is 1. The number of aryl methyl sites for hydroxylation is 2. The van der Waals surface area contributed by atoms with E-state index < -0.39 is 10.0 Å². The first-order valence-corrected chi connectivity index (χ1v) is 9.65. The maximum absolute atomic E-state index is 12.8. The van der Waals surface area contributed by atoms with Crippen LogP contribution in [-0.2, 0) is 14.8 Å². The van der Waals surface area contributed by atoms with Gasteiger partial charge < -0.3 is 9.80 Å². The minimum Gasteiger partial charge on any atom is -0.340 e. The fraction of sp³-hybridized carbons (Fsp3) is 0.588. The van der Waals surface area contributed by atoms with Gasteiger partial charge in [-0.1, -0.05) is 6.07 Å². The zero-order valence-corrected chi connectivity index (χ0v) is 15.8. The maximum Gasteiger partial charge on any atom is 0.243 e. The Hall–Kier alpha value is -1.44. The third-order valence-corrected chi connectivity index (χ3v) is 6.38. The third-order valence-electron chi connectivity index (χ3n) is 4.48. The van der Waals surface area contributed by atoms with E-state index in [1.54, 1.807) is 17.0 Å². The van der Waals surface area contributed by atoms with E-state index in [0.717, 1.165) is 11.1 Å². The highest BCUT2D eigenvalue weighted by atomic mass is 32.2. The third kappa shape index (κ3) is 4.34. The fourth-order valence-electron chi connectivity index (χ4n) is 2.68. The van der Waals surface area contributed by atoms with Gasteiger partial charge in [-0.2, -0.15) is 4.31 Å². The lowest BCUT2D eigenvalue weighted by molar-refractivity contribution is -0.132. The molecule has 1 fully saturated rings. The number of hydrogen-bond acceptors (Lipinski definition) is 4. The lowest BCUT2D eigenvalue weighted by Gasteiger charge is -2.34. The Labute approximate surface area is 145 Å². The fourth-order valence-corrected chi connectivity index (χ4v) is 4.19. The van der Waals surface area contributed by atoms with Crippen LogP contribution in [0.15, 0.2) is 23.1 Å². The molecular formula is C17H27N3O3S. The summed E-state index contributed by atoms with van der Waals surface area (Å²) in [6.45, 7) is 6.19. The van der Waals surface area contributed by atoms with Crippen molar-refractivity contribution in [1.82, 2.24) is 14.1 Å². The normalized spacial score (nSPS) is 16.6. The maximum atomic E-state index is 12.8. The average molecular weight is 353 g/mol. The van der Waals surface area contributed by atoms with Crippen molar-refractivity contribution >= 4 is 15.9 Å². The summed E-state index contributed by atoms with van der Waals surface area (Å²) < 4.78 is 27.0. The molecular weight excluding hydrogens is 326 g/mol. The van der Waals surface area contributed by atoms with Crippen LogP contribution in [0.25, 0.3) is 0 Å². The predicted molar refractivity (Wildman–Crippen MR) is 94.4 cm³/mol. The van der Waals surface area contributed by atoms with Crippen molar-refractivity contribution in [2.75, 3.05) is 46.8 Å². The molecule has 0 atom stereocenters. The Morgan fingerprint density at radius 1 is 1.08 bits per heavy atom. The Balaban J connectivity index is 2.00. The molecule has 0 saturated carbocycles. The SMILES string of the molecule is Cc1ccc(S(=O)(=O)N2CCN(C(=O)CCN(C)C)CC2)cc1C. The monoisotopic (exact) mass is 353 g/mol. The van der Waals surface area contributed by atoms with Gasteiger partial charge in [-0.15, -0.1) is 0 Å². The molecule has 1 aliphatic rings. The number of hydrogen-bond donors (Lipinski definition) is 0. The van der Waals surface area contributed by atoms with Crippen LogP contribution in [0.1, 0.15) is 17.5 Å². The molecule has 0 aromatic heterocycles. The van der Waals surface area contributed by atoms with Crippen molar-refractivity contribution in [2.24, 2.45) is 0 Å². The van der Waals surface area contributed by atoms with Crippen LogP contribution >= 0.6 is 0 Å². The summed E-state index contributed by atoms with van der Waals surface area (Å²) in [6.07, 6.45) is 0.469. The van der Waals surface area contributed by atoms with Crippen LogP contribution in [0.4, 0.5) is 0 Å². The molecule has 1 saturated heterocycles. The molecule has 24 heavy (non-hydrogen) atoms. The number of piperazine rings is 1. The summed E-state index contributed by atoms with van der Waals surface area (Å²) in [5.41, 5.74) is 2.04. The first-order chi connectivity index (χ1) is 11.2. The second-order valence-corrected chi connectivity index (χ2v) is 8.52. The molecule has 1 amide bonds. The summed E-state index contributed by atoms with van der Waals surface area (Å²) >= 11 is 0. The van der Waals surface area contributed by atoms with Crippen LogP contribution in [0.3, 0.4) is 0 Å². The summed E-state index contributed by atoms with van der Waals surface area (Å²) in [5, 5.41) is 0. The van der Waals surface area contributed by atoms with E-state index in [1.165, 1.54) is 4.31 Å². The Kier molecular flexibility index (Phi) is 6.01. The number of nitrogens with zero attached hydrogens (tertiary/aromatic N) is 3. The molecule has 1 heterocycles. The highest BCUT2D eigenvalue weighted by Gasteiger charge is 2.30. The van der Waals surface area contributed by atoms with Crippen molar-refractivity contribution in [1.29, 1.82) is 0 Å². The summed E-state index contributed by atoms with van der Waals surface area (Å²) in [5.74, 6) is 0.0897. The van der Waals surface area contributed by atoms with Crippen molar-refractivity contribution < 1.29 is 13.2 Å². The smallest absolute Gasteiger partial charge is 0.243 e. The summed E-state index contributed by atoms with van der Waals surface area (Å²) in [6, 6.07) is 5.22. The molecule has 7 heteroatoms. The molecule has 0 radical (unpaired) electrons. The zero-order valence-electron chi connectivity index (χ0n) is 14.9. The lowest BCUT2D eigenvalue weighted by atomic mass is 10.1. The molecule has 0 bridgehead atoms. The van der Waals surface area contributed by atoms with Crippen molar-refractivity contribution in [3.8, 4) is 0 Å². The molecule has 6 nitrogen and oxygen atoms in total. The minimum absolute atomic E-state index is 0.0897. The summed E-state index contributed by atoms with van der Waals surface area (Å²) in [7, 11) is 0.375. The first-order valence-electron chi connectivity index (χ1n) is 8.21. The van der Waals surface area contributed by atoms with E-state index in [2.05, 4.69) is 0 Å². The molecule has 1 aromatic rings. The predicted octanol–water partition coefficient (Wildman–Crippen LogP) is 1.09. The standard InChI is InChI=1S/C17H27N3O3S/c1-14-5-6-16(13-15(14)2)24(22,23)20-11-9-19(10-12-20)17(21)7-8-18(3)4/h5-6,13H,7-12H2,1-4H3. The number of carbonyl (C=O) groups is 1. The highest BCUT2D eigenvalue weighted by molar-refractivity contribution is 7.89. The van der Waals surface area contributed by atoms with Crippen LogP contribution in [0, 0.1) is 13.8 Å². The molecule has 134 valence electrons. The Bertz CT molecular complexity index is 693. The number of rotatable bonds is 5. The van der Waals surface area contributed by atoms with Gasteiger partial charge in [0.1, 0.15) is 0 Å². The molecule has 0 spiro atoms. The van der Waals surface area contributed by atoms with Crippen LogP contribution < -0.4 is 0 Å². The molecule has 0 unspecified atom stereocenters. The van der Waals surface area contributed by atoms with E-state index in [1.807, 2.05) is 38.9 Å². The molecule has 1 aromatic carbocycles. The second-order valence-electron chi connectivity index (χ2n) is 6.58. The largest absolute Gasteiger partial charge is 0.340 e. The van der Waals surface area contributed by atoms with Gasteiger partial charge >= 0.3 is 0 Å². The van der Waals surface area contributed by atoms with Gasteiger partial charge in [-0.3, -0.25) is 4.79 Å². The van der Waals surface area contributed by atoms with Gasteiger partial charge in [0.25, 0.3) is 0 Å². The minimum atomic E-state index is -3.49.